The minimum absolute atomic E-state index is 0.0990. The summed E-state index contributed by atoms with van der Waals surface area (Å²) in [6.07, 6.45) is 2.18. The van der Waals surface area contributed by atoms with Gasteiger partial charge in [0, 0.05) is 27.2 Å². The number of rotatable bonds is 3. The van der Waals surface area contributed by atoms with E-state index in [-0.39, 0.29) is 11.0 Å². The number of carboxylic acid groups (broad SMARTS) is 1. The second-order valence-corrected chi connectivity index (χ2v) is 5.21. The van der Waals surface area contributed by atoms with Crippen LogP contribution in [0.15, 0.2) is 34.1 Å². The molecule has 0 aliphatic carbocycles. The molecular weight excluding hydrogens is 278 g/mol. The summed E-state index contributed by atoms with van der Waals surface area (Å²) in [6, 6.07) is 4.48. The molecule has 104 valence electrons. The van der Waals surface area contributed by atoms with Crippen LogP contribution in [0.3, 0.4) is 0 Å². The predicted octanol–water partition coefficient (Wildman–Crippen LogP) is 3.22. The van der Waals surface area contributed by atoms with Crippen LogP contribution in [0.2, 0.25) is 0 Å². The van der Waals surface area contributed by atoms with E-state index >= 15 is 0 Å². The number of aromatic amines is 1. The Morgan fingerprint density at radius 3 is 2.75 bits per heavy atom. The lowest BCUT2D eigenvalue weighted by Crippen LogP contribution is -2.13. The van der Waals surface area contributed by atoms with Gasteiger partial charge in [0.25, 0.3) is 0 Å². The molecule has 0 fully saturated rings. The number of carboxylic acids is 1. The summed E-state index contributed by atoms with van der Waals surface area (Å²) >= 11 is 5.79. The lowest BCUT2D eigenvalue weighted by Gasteiger charge is -2.07. The fraction of sp³-hybridized carbons (Fsp3) is 0.200. The number of carbonyl (C=O) groups is 1. The Balaban J connectivity index is 2.68. The van der Waals surface area contributed by atoms with Crippen molar-refractivity contribution in [1.82, 2.24) is 4.98 Å². The fourth-order valence-corrected chi connectivity index (χ4v) is 2.15. The molecule has 0 bridgehead atoms. The van der Waals surface area contributed by atoms with Gasteiger partial charge in [-0.05, 0) is 38.5 Å². The first-order chi connectivity index (χ1) is 9.40. The number of hydrogen-bond acceptors (Lipinski definition) is 2. The molecule has 1 aromatic heterocycles. The molecule has 0 radical (unpaired) electrons. The molecule has 0 atom stereocenters. The molecule has 2 N–H and O–H groups in total. The number of H-pyrrole nitrogens is 1. The van der Waals surface area contributed by atoms with Gasteiger partial charge in [0.1, 0.15) is 0 Å². The molecule has 1 aromatic carbocycles. The Kier molecular flexibility index (Phi) is 3.95. The van der Waals surface area contributed by atoms with Gasteiger partial charge < -0.3 is 10.1 Å². The van der Waals surface area contributed by atoms with E-state index in [1.807, 2.05) is 6.92 Å². The highest BCUT2D eigenvalue weighted by Crippen LogP contribution is 2.15. The summed E-state index contributed by atoms with van der Waals surface area (Å²) < 4.78 is 0. The molecule has 5 heteroatoms. The maximum absolute atomic E-state index is 12.5. The van der Waals surface area contributed by atoms with Gasteiger partial charge in [-0.2, -0.15) is 0 Å². The van der Waals surface area contributed by atoms with Crippen molar-refractivity contribution in [3.63, 3.8) is 0 Å². The highest BCUT2D eigenvalue weighted by molar-refractivity contribution is 6.29. The third-order valence-electron chi connectivity index (χ3n) is 3.15. The van der Waals surface area contributed by atoms with Crippen LogP contribution in [-0.4, -0.2) is 16.1 Å². The summed E-state index contributed by atoms with van der Waals surface area (Å²) in [5.41, 5.74) is 1.93. The number of halogens is 1. The van der Waals surface area contributed by atoms with E-state index in [0.717, 1.165) is 5.69 Å². The highest BCUT2D eigenvalue weighted by Gasteiger charge is 2.11. The van der Waals surface area contributed by atoms with E-state index in [0.29, 0.717) is 27.9 Å². The molecule has 1 heterocycles. The Bertz CT molecular complexity index is 771. The summed E-state index contributed by atoms with van der Waals surface area (Å²) in [4.78, 5) is 26.6. The average molecular weight is 292 g/mol. The van der Waals surface area contributed by atoms with Crippen LogP contribution in [0.5, 0.6) is 0 Å². The number of allylic oxidation sites excluding steroid dienone is 2. The second kappa shape index (κ2) is 5.51. The van der Waals surface area contributed by atoms with Crippen molar-refractivity contribution in [1.29, 1.82) is 0 Å². The summed E-state index contributed by atoms with van der Waals surface area (Å²) in [7, 11) is 0. The van der Waals surface area contributed by atoms with Crippen molar-refractivity contribution < 1.29 is 9.90 Å². The molecule has 20 heavy (non-hydrogen) atoms. The van der Waals surface area contributed by atoms with Crippen molar-refractivity contribution in [2.45, 2.75) is 20.3 Å². The molecular formula is C15H14ClNO3. The average Bonchev–Trinajstić information content (AvgIpc) is 2.37. The molecule has 0 aliphatic heterocycles. The molecule has 0 saturated heterocycles. The summed E-state index contributed by atoms with van der Waals surface area (Å²) in [6.45, 7) is 3.56. The standard InChI is InChI=1S/C15H14ClNO3/c1-8(16)3-5-11-9(2)17-13-6-4-10(15(19)20)7-12(13)14(11)18/h3-4,6-7H,5H2,1-2H3,(H,17,18)(H,19,20)/b8-3+. The SMILES string of the molecule is C/C(Cl)=C\Cc1c(C)[nH]c2ccc(C(=O)O)cc2c1=O. The zero-order valence-electron chi connectivity index (χ0n) is 11.2. The molecule has 0 spiro atoms. The van der Waals surface area contributed by atoms with Crippen LogP contribution in [0.25, 0.3) is 10.9 Å². The Morgan fingerprint density at radius 2 is 2.15 bits per heavy atom. The van der Waals surface area contributed by atoms with Gasteiger partial charge >= 0.3 is 5.97 Å². The quantitative estimate of drug-likeness (QED) is 0.912. The topological polar surface area (TPSA) is 70.2 Å². The Labute approximate surface area is 120 Å². The van der Waals surface area contributed by atoms with Gasteiger partial charge in [0.05, 0.1) is 5.56 Å². The number of aromatic carboxylic acids is 1. The third-order valence-corrected chi connectivity index (χ3v) is 3.30. The van der Waals surface area contributed by atoms with Gasteiger partial charge in [-0.1, -0.05) is 17.7 Å². The van der Waals surface area contributed by atoms with Crippen LogP contribution < -0.4 is 5.43 Å². The minimum Gasteiger partial charge on any atom is -0.478 e. The monoisotopic (exact) mass is 291 g/mol. The maximum Gasteiger partial charge on any atom is 0.335 e. The predicted molar refractivity (Wildman–Crippen MR) is 79.6 cm³/mol. The Hall–Kier alpha value is -2.07. The normalized spacial score (nSPS) is 11.8. The molecule has 2 aromatic rings. The molecule has 0 amide bonds. The smallest absolute Gasteiger partial charge is 0.335 e. The number of aromatic nitrogens is 1. The van der Waals surface area contributed by atoms with E-state index in [9.17, 15) is 9.59 Å². The molecule has 0 saturated carbocycles. The zero-order valence-corrected chi connectivity index (χ0v) is 11.9. The van der Waals surface area contributed by atoms with E-state index in [1.54, 1.807) is 19.1 Å². The van der Waals surface area contributed by atoms with Crippen LogP contribution in [-0.2, 0) is 6.42 Å². The number of pyridine rings is 1. The van der Waals surface area contributed by atoms with Crippen molar-refractivity contribution >= 4 is 28.5 Å². The van der Waals surface area contributed by atoms with Gasteiger partial charge in [-0.15, -0.1) is 0 Å². The van der Waals surface area contributed by atoms with E-state index in [2.05, 4.69) is 4.98 Å². The first-order valence-electron chi connectivity index (χ1n) is 6.11. The molecule has 0 aliphatic rings. The van der Waals surface area contributed by atoms with E-state index in [4.69, 9.17) is 16.7 Å². The van der Waals surface area contributed by atoms with Crippen molar-refractivity contribution in [3.8, 4) is 0 Å². The van der Waals surface area contributed by atoms with Crippen LogP contribution in [0.1, 0.15) is 28.5 Å². The lowest BCUT2D eigenvalue weighted by molar-refractivity contribution is 0.0697. The number of aryl methyl sites for hydroxylation is 1. The van der Waals surface area contributed by atoms with Gasteiger partial charge in [-0.25, -0.2) is 4.79 Å². The number of fused-ring (bicyclic) bond motifs is 1. The van der Waals surface area contributed by atoms with Gasteiger partial charge in [0.2, 0.25) is 0 Å². The first kappa shape index (κ1) is 14.3. The van der Waals surface area contributed by atoms with Gasteiger partial charge in [-0.3, -0.25) is 4.79 Å². The van der Waals surface area contributed by atoms with E-state index in [1.165, 1.54) is 12.1 Å². The second-order valence-electron chi connectivity index (χ2n) is 4.62. The van der Waals surface area contributed by atoms with Crippen LogP contribution in [0.4, 0.5) is 0 Å². The highest BCUT2D eigenvalue weighted by atomic mass is 35.5. The number of benzene rings is 1. The maximum atomic E-state index is 12.5. The third kappa shape index (κ3) is 2.75. The minimum atomic E-state index is -1.05. The van der Waals surface area contributed by atoms with Crippen molar-refractivity contribution in [2.24, 2.45) is 0 Å². The van der Waals surface area contributed by atoms with Crippen LogP contribution in [0, 0.1) is 6.92 Å². The fourth-order valence-electron chi connectivity index (χ4n) is 2.07. The lowest BCUT2D eigenvalue weighted by atomic mass is 10.0. The molecule has 4 nitrogen and oxygen atoms in total. The first-order valence-corrected chi connectivity index (χ1v) is 6.49. The van der Waals surface area contributed by atoms with E-state index < -0.39 is 5.97 Å². The van der Waals surface area contributed by atoms with Gasteiger partial charge in [0.15, 0.2) is 5.43 Å². The molecule has 2 rings (SSSR count). The number of hydrogen-bond donors (Lipinski definition) is 2. The van der Waals surface area contributed by atoms with Crippen molar-refractivity contribution in [2.75, 3.05) is 0 Å². The largest absolute Gasteiger partial charge is 0.478 e. The van der Waals surface area contributed by atoms with Crippen LogP contribution >= 0.6 is 11.6 Å². The summed E-state index contributed by atoms with van der Waals surface area (Å²) in [5, 5.41) is 9.99. The number of nitrogens with one attached hydrogen (secondary N) is 1. The molecule has 0 unspecified atom stereocenters. The van der Waals surface area contributed by atoms with Crippen molar-refractivity contribution in [3.05, 3.63) is 56.4 Å². The zero-order chi connectivity index (χ0) is 14.9. The Morgan fingerprint density at radius 1 is 1.45 bits per heavy atom. The summed E-state index contributed by atoms with van der Waals surface area (Å²) in [5.74, 6) is -1.05.